The molecule has 0 aromatic rings. The highest BCUT2D eigenvalue weighted by atomic mass is 32.2. The Bertz CT molecular complexity index is 103. The van der Waals surface area contributed by atoms with Crippen molar-refractivity contribution in [3.63, 3.8) is 0 Å². The molecule has 72 valence electrons. The second-order valence-corrected chi connectivity index (χ2v) is 4.43. The first-order valence-corrected chi connectivity index (χ1v) is 6.09. The van der Waals surface area contributed by atoms with Crippen LogP contribution in [0.1, 0.15) is 25.7 Å². The molecule has 12 heavy (non-hydrogen) atoms. The van der Waals surface area contributed by atoms with Crippen molar-refractivity contribution in [1.82, 2.24) is 4.90 Å². The maximum atomic E-state index is 5.42. The Balaban J connectivity index is 1.81. The average molecular weight is 188 g/mol. The zero-order chi connectivity index (χ0) is 8.65. The number of hydrogen-bond donors (Lipinski definition) is 1. The largest absolute Gasteiger partial charge is 0.330 e. The van der Waals surface area contributed by atoms with Gasteiger partial charge in [-0.15, -0.1) is 11.8 Å². The molecule has 1 aliphatic rings. The molecule has 0 unspecified atom stereocenters. The van der Waals surface area contributed by atoms with Gasteiger partial charge in [0, 0.05) is 18.2 Å². The van der Waals surface area contributed by atoms with Gasteiger partial charge in [0.15, 0.2) is 0 Å². The van der Waals surface area contributed by atoms with Crippen LogP contribution in [0.4, 0.5) is 0 Å². The first kappa shape index (κ1) is 10.4. The minimum atomic E-state index is 0.861. The van der Waals surface area contributed by atoms with E-state index in [1.54, 1.807) is 0 Å². The topological polar surface area (TPSA) is 29.3 Å². The van der Waals surface area contributed by atoms with Gasteiger partial charge in [-0.3, -0.25) is 4.90 Å². The Labute approximate surface area is 79.9 Å². The predicted octanol–water partition coefficient (Wildman–Crippen LogP) is 1.51. The Morgan fingerprint density at radius 3 is 2.67 bits per heavy atom. The van der Waals surface area contributed by atoms with Crippen molar-refractivity contribution in [2.75, 3.05) is 31.3 Å². The van der Waals surface area contributed by atoms with E-state index in [4.69, 9.17) is 5.73 Å². The third-order valence-corrected chi connectivity index (χ3v) is 3.27. The van der Waals surface area contributed by atoms with E-state index >= 15 is 0 Å². The molecule has 0 aromatic carbocycles. The maximum absolute atomic E-state index is 5.42. The van der Waals surface area contributed by atoms with Gasteiger partial charge < -0.3 is 5.73 Å². The first-order valence-electron chi connectivity index (χ1n) is 4.93. The van der Waals surface area contributed by atoms with Gasteiger partial charge in [0.1, 0.15) is 0 Å². The smallest absolute Gasteiger partial charge is 0.0445 e. The second-order valence-electron chi connectivity index (χ2n) is 3.36. The van der Waals surface area contributed by atoms with E-state index in [0.717, 1.165) is 6.54 Å². The van der Waals surface area contributed by atoms with E-state index < -0.39 is 0 Å². The van der Waals surface area contributed by atoms with Crippen LogP contribution in [-0.4, -0.2) is 36.2 Å². The minimum Gasteiger partial charge on any atom is -0.330 e. The van der Waals surface area contributed by atoms with Crippen molar-refractivity contribution in [2.45, 2.75) is 25.7 Å². The minimum absolute atomic E-state index is 0.861. The molecule has 2 N–H and O–H groups in total. The van der Waals surface area contributed by atoms with E-state index in [9.17, 15) is 0 Å². The highest BCUT2D eigenvalue weighted by molar-refractivity contribution is 7.99. The number of hydrogen-bond acceptors (Lipinski definition) is 3. The SMILES string of the molecule is NCCCCCCN1CCSC1. The lowest BCUT2D eigenvalue weighted by Crippen LogP contribution is -2.20. The highest BCUT2D eigenvalue weighted by Gasteiger charge is 2.09. The lowest BCUT2D eigenvalue weighted by molar-refractivity contribution is 0.344. The van der Waals surface area contributed by atoms with Crippen LogP contribution < -0.4 is 5.73 Å². The summed E-state index contributed by atoms with van der Waals surface area (Å²) < 4.78 is 0. The van der Waals surface area contributed by atoms with E-state index in [2.05, 4.69) is 16.7 Å². The van der Waals surface area contributed by atoms with E-state index in [1.165, 1.54) is 50.4 Å². The fraction of sp³-hybridized carbons (Fsp3) is 1.00. The summed E-state index contributed by atoms with van der Waals surface area (Å²) in [6.45, 7) is 3.47. The maximum Gasteiger partial charge on any atom is 0.0445 e. The normalized spacial score (nSPS) is 18.8. The summed E-state index contributed by atoms with van der Waals surface area (Å²) >= 11 is 2.06. The Morgan fingerprint density at radius 1 is 1.17 bits per heavy atom. The van der Waals surface area contributed by atoms with Gasteiger partial charge in [-0.1, -0.05) is 12.8 Å². The quantitative estimate of drug-likeness (QED) is 0.641. The summed E-state index contributed by atoms with van der Waals surface area (Å²) in [5, 5.41) is 0. The lowest BCUT2D eigenvalue weighted by atomic mass is 10.2. The Hall–Kier alpha value is 0.270. The second kappa shape index (κ2) is 6.75. The number of unbranched alkanes of at least 4 members (excludes halogenated alkanes) is 3. The van der Waals surface area contributed by atoms with Crippen molar-refractivity contribution < 1.29 is 0 Å². The molecular formula is C9H20N2S. The standard InChI is InChI=1S/C9H20N2S/c10-5-3-1-2-4-6-11-7-8-12-9-11/h1-10H2. The molecule has 1 aliphatic heterocycles. The third-order valence-electron chi connectivity index (χ3n) is 2.25. The highest BCUT2D eigenvalue weighted by Crippen LogP contribution is 2.13. The fourth-order valence-electron chi connectivity index (χ4n) is 1.46. The molecule has 1 saturated heterocycles. The van der Waals surface area contributed by atoms with Gasteiger partial charge in [-0.2, -0.15) is 0 Å². The average Bonchev–Trinajstić information content (AvgIpc) is 2.57. The van der Waals surface area contributed by atoms with Crippen LogP contribution in [0.15, 0.2) is 0 Å². The molecule has 0 bridgehead atoms. The zero-order valence-corrected chi connectivity index (χ0v) is 8.61. The van der Waals surface area contributed by atoms with Gasteiger partial charge in [-0.05, 0) is 25.9 Å². The third kappa shape index (κ3) is 4.33. The van der Waals surface area contributed by atoms with Gasteiger partial charge in [0.2, 0.25) is 0 Å². The predicted molar refractivity (Wildman–Crippen MR) is 56.4 cm³/mol. The number of nitrogens with zero attached hydrogens (tertiary/aromatic N) is 1. The van der Waals surface area contributed by atoms with Crippen LogP contribution in [0.3, 0.4) is 0 Å². The van der Waals surface area contributed by atoms with Crippen LogP contribution in [0.5, 0.6) is 0 Å². The van der Waals surface area contributed by atoms with Crippen LogP contribution in [-0.2, 0) is 0 Å². The van der Waals surface area contributed by atoms with Crippen molar-refractivity contribution in [1.29, 1.82) is 0 Å². The van der Waals surface area contributed by atoms with Crippen molar-refractivity contribution >= 4 is 11.8 Å². The molecule has 3 heteroatoms. The summed E-state index contributed by atoms with van der Waals surface area (Å²) in [7, 11) is 0. The summed E-state index contributed by atoms with van der Waals surface area (Å²) in [4.78, 5) is 2.55. The van der Waals surface area contributed by atoms with Crippen LogP contribution in [0.2, 0.25) is 0 Å². The summed E-state index contributed by atoms with van der Waals surface area (Å²) in [5.41, 5.74) is 5.42. The van der Waals surface area contributed by atoms with E-state index in [-0.39, 0.29) is 0 Å². The van der Waals surface area contributed by atoms with Crippen LogP contribution in [0.25, 0.3) is 0 Å². The lowest BCUT2D eigenvalue weighted by Gasteiger charge is -2.12. The molecule has 0 atom stereocenters. The molecule has 0 spiro atoms. The van der Waals surface area contributed by atoms with Crippen LogP contribution in [0, 0.1) is 0 Å². The molecule has 0 amide bonds. The van der Waals surface area contributed by atoms with E-state index in [0.29, 0.717) is 0 Å². The van der Waals surface area contributed by atoms with E-state index in [1.807, 2.05) is 0 Å². The Morgan fingerprint density at radius 2 is 2.00 bits per heavy atom. The summed E-state index contributed by atoms with van der Waals surface area (Å²) in [6, 6.07) is 0. The zero-order valence-electron chi connectivity index (χ0n) is 7.80. The van der Waals surface area contributed by atoms with Gasteiger partial charge in [0.25, 0.3) is 0 Å². The molecular weight excluding hydrogens is 168 g/mol. The molecule has 0 aliphatic carbocycles. The van der Waals surface area contributed by atoms with Crippen molar-refractivity contribution in [3.8, 4) is 0 Å². The number of nitrogens with two attached hydrogens (primary N) is 1. The molecule has 0 aromatic heterocycles. The first-order chi connectivity index (χ1) is 5.93. The number of thioether (sulfide) groups is 1. The molecule has 0 radical (unpaired) electrons. The van der Waals surface area contributed by atoms with Crippen molar-refractivity contribution in [2.24, 2.45) is 5.73 Å². The molecule has 1 rings (SSSR count). The summed E-state index contributed by atoms with van der Waals surface area (Å²) in [6.07, 6.45) is 5.24. The van der Waals surface area contributed by atoms with Gasteiger partial charge >= 0.3 is 0 Å². The summed E-state index contributed by atoms with van der Waals surface area (Å²) in [5.74, 6) is 2.60. The Kier molecular flexibility index (Phi) is 5.82. The molecule has 1 fully saturated rings. The van der Waals surface area contributed by atoms with Gasteiger partial charge in [0.05, 0.1) is 0 Å². The molecule has 0 saturated carbocycles. The monoisotopic (exact) mass is 188 g/mol. The molecule has 1 heterocycles. The molecule has 2 nitrogen and oxygen atoms in total. The van der Waals surface area contributed by atoms with Crippen molar-refractivity contribution in [3.05, 3.63) is 0 Å². The fourth-order valence-corrected chi connectivity index (χ4v) is 2.49. The van der Waals surface area contributed by atoms with Crippen LogP contribution >= 0.6 is 11.8 Å². The van der Waals surface area contributed by atoms with Gasteiger partial charge in [-0.25, -0.2) is 0 Å². The number of rotatable bonds is 6.